The van der Waals surface area contributed by atoms with Crippen LogP contribution in [0.3, 0.4) is 0 Å². The monoisotopic (exact) mass is 484 g/mol. The highest BCUT2D eigenvalue weighted by atomic mass is 32.1. The van der Waals surface area contributed by atoms with Crippen molar-refractivity contribution in [2.75, 3.05) is 31.6 Å². The average molecular weight is 485 g/mol. The molecule has 0 radical (unpaired) electrons. The Morgan fingerprint density at radius 1 is 1.09 bits per heavy atom. The Hall–Kier alpha value is -2.69. The second-order valence-corrected chi connectivity index (χ2v) is 9.70. The number of anilines is 2. The van der Waals surface area contributed by atoms with Crippen molar-refractivity contribution in [3.8, 4) is 16.6 Å². The van der Waals surface area contributed by atoms with Crippen LogP contribution in [0.15, 0.2) is 36.8 Å². The van der Waals surface area contributed by atoms with Crippen LogP contribution in [0.2, 0.25) is 0 Å². The third kappa shape index (κ3) is 5.68. The molecule has 180 valence electrons. The van der Waals surface area contributed by atoms with E-state index in [0.717, 1.165) is 53.0 Å². The molecule has 0 unspecified atom stereocenters. The zero-order valence-corrected chi connectivity index (χ0v) is 20.0. The molecular formula is C24H29FN6O2S. The number of alkyl halides is 1. The number of hydrogen-bond donors (Lipinski definition) is 1. The number of nitrogens with one attached hydrogen (secondary N) is 1. The number of halogens is 1. The van der Waals surface area contributed by atoms with Crippen molar-refractivity contribution in [1.82, 2.24) is 24.8 Å². The lowest BCUT2D eigenvalue weighted by atomic mass is 10.0. The second-order valence-electron chi connectivity index (χ2n) is 8.67. The zero-order valence-electron chi connectivity index (χ0n) is 19.2. The van der Waals surface area contributed by atoms with Gasteiger partial charge in [0, 0.05) is 50.6 Å². The van der Waals surface area contributed by atoms with Gasteiger partial charge in [-0.15, -0.1) is 0 Å². The van der Waals surface area contributed by atoms with Crippen LogP contribution in [0.1, 0.15) is 44.2 Å². The van der Waals surface area contributed by atoms with Gasteiger partial charge in [-0.25, -0.2) is 19.3 Å². The van der Waals surface area contributed by atoms with Crippen LogP contribution in [0.4, 0.5) is 15.3 Å². The summed E-state index contributed by atoms with van der Waals surface area (Å²) >= 11 is 1.50. The maximum Gasteiger partial charge on any atom is 0.317 e. The topological polar surface area (TPSA) is 85.3 Å². The molecule has 1 atom stereocenters. The molecule has 2 aliphatic heterocycles. The first-order chi connectivity index (χ1) is 16.6. The van der Waals surface area contributed by atoms with Gasteiger partial charge >= 0.3 is 6.01 Å². The van der Waals surface area contributed by atoms with E-state index in [2.05, 4.69) is 43.1 Å². The summed E-state index contributed by atoms with van der Waals surface area (Å²) in [5, 5.41) is 4.01. The predicted octanol–water partition coefficient (Wildman–Crippen LogP) is 4.79. The molecule has 1 N–H and O–H groups in total. The maximum atomic E-state index is 13.4. The molecule has 10 heteroatoms. The van der Waals surface area contributed by atoms with Gasteiger partial charge in [0.1, 0.15) is 18.1 Å². The van der Waals surface area contributed by atoms with Gasteiger partial charge in [0.05, 0.1) is 23.8 Å². The highest BCUT2D eigenvalue weighted by molar-refractivity contribution is 7.18. The molecule has 34 heavy (non-hydrogen) atoms. The number of rotatable bonds is 7. The lowest BCUT2D eigenvalue weighted by Crippen LogP contribution is -2.36. The van der Waals surface area contributed by atoms with Crippen LogP contribution in [-0.2, 0) is 4.74 Å². The van der Waals surface area contributed by atoms with E-state index in [1.165, 1.54) is 11.3 Å². The van der Waals surface area contributed by atoms with Crippen molar-refractivity contribution < 1.29 is 13.9 Å². The van der Waals surface area contributed by atoms with E-state index in [-0.39, 0.29) is 12.1 Å². The average Bonchev–Trinajstić information content (AvgIpc) is 3.34. The molecule has 0 bridgehead atoms. The summed E-state index contributed by atoms with van der Waals surface area (Å²) in [7, 11) is 0. The molecule has 5 heterocycles. The van der Waals surface area contributed by atoms with Crippen molar-refractivity contribution in [3.05, 3.63) is 42.4 Å². The largest absolute Gasteiger partial charge is 0.460 e. The first-order valence-electron chi connectivity index (χ1n) is 11.8. The van der Waals surface area contributed by atoms with Crippen LogP contribution in [0.25, 0.3) is 10.6 Å². The molecule has 0 spiro atoms. The summed E-state index contributed by atoms with van der Waals surface area (Å²) < 4.78 is 24.7. The lowest BCUT2D eigenvalue weighted by Gasteiger charge is -2.33. The Bertz CT molecular complexity index is 1070. The number of thiazole rings is 1. The number of likely N-dealkylation sites (tertiary alicyclic amines) is 1. The Morgan fingerprint density at radius 3 is 2.68 bits per heavy atom. The van der Waals surface area contributed by atoms with Gasteiger partial charge in [0.2, 0.25) is 0 Å². The van der Waals surface area contributed by atoms with Gasteiger partial charge in [-0.1, -0.05) is 17.4 Å². The first kappa shape index (κ1) is 23.1. The number of hydrogen-bond acceptors (Lipinski definition) is 9. The summed E-state index contributed by atoms with van der Waals surface area (Å²) in [6, 6.07) is 6.49. The number of nitrogens with zero attached hydrogens (tertiary/aromatic N) is 5. The van der Waals surface area contributed by atoms with Crippen LogP contribution in [0, 0.1) is 0 Å². The first-order valence-corrected chi connectivity index (χ1v) is 12.6. The van der Waals surface area contributed by atoms with Crippen molar-refractivity contribution in [1.29, 1.82) is 0 Å². The molecular weight excluding hydrogens is 455 g/mol. The molecule has 0 aromatic carbocycles. The smallest absolute Gasteiger partial charge is 0.317 e. The fourth-order valence-electron chi connectivity index (χ4n) is 4.23. The molecule has 3 aromatic heterocycles. The zero-order chi connectivity index (χ0) is 23.3. The lowest BCUT2D eigenvalue weighted by molar-refractivity contribution is 0.0217. The minimum atomic E-state index is -0.662. The Morgan fingerprint density at radius 2 is 1.91 bits per heavy atom. The number of aromatic nitrogens is 4. The van der Waals surface area contributed by atoms with Crippen LogP contribution >= 0.6 is 11.3 Å². The van der Waals surface area contributed by atoms with Crippen molar-refractivity contribution in [3.63, 3.8) is 0 Å². The van der Waals surface area contributed by atoms with Crippen LogP contribution < -0.4 is 10.1 Å². The molecule has 2 fully saturated rings. The van der Waals surface area contributed by atoms with Gasteiger partial charge in [0.15, 0.2) is 5.13 Å². The number of pyridine rings is 1. The van der Waals surface area contributed by atoms with E-state index in [4.69, 9.17) is 9.47 Å². The molecule has 0 amide bonds. The quantitative estimate of drug-likeness (QED) is 0.512. The Kier molecular flexibility index (Phi) is 7.27. The molecule has 0 saturated carbocycles. The fraction of sp³-hybridized carbons (Fsp3) is 0.500. The van der Waals surface area contributed by atoms with E-state index < -0.39 is 6.17 Å². The van der Waals surface area contributed by atoms with Crippen molar-refractivity contribution >= 4 is 22.3 Å². The van der Waals surface area contributed by atoms with E-state index in [1.54, 1.807) is 12.4 Å². The maximum absolute atomic E-state index is 13.4. The summed E-state index contributed by atoms with van der Waals surface area (Å²) in [6.07, 6.45) is 7.73. The second kappa shape index (κ2) is 10.7. The highest BCUT2D eigenvalue weighted by Gasteiger charge is 2.23. The molecule has 5 rings (SSSR count). The van der Waals surface area contributed by atoms with E-state index in [1.807, 2.05) is 18.3 Å². The SMILES string of the molecule is C[C@H](c1ccc(Nc2ncc(-c3ccnc(OC4CCOCC4)n3)s2)nc1)N1CCC(F)CC1. The summed E-state index contributed by atoms with van der Waals surface area (Å²) in [5.41, 5.74) is 1.90. The molecule has 0 aliphatic carbocycles. The highest BCUT2D eigenvalue weighted by Crippen LogP contribution is 2.31. The molecule has 2 saturated heterocycles. The number of ether oxygens (including phenoxy) is 2. The summed E-state index contributed by atoms with van der Waals surface area (Å²) in [4.78, 5) is 21.1. The Labute approximate surface area is 202 Å². The van der Waals surface area contributed by atoms with E-state index >= 15 is 0 Å². The normalized spacial score (nSPS) is 19.1. The minimum Gasteiger partial charge on any atom is -0.460 e. The molecule has 2 aliphatic rings. The van der Waals surface area contributed by atoms with Gasteiger partial charge in [0.25, 0.3) is 0 Å². The van der Waals surface area contributed by atoms with Crippen LogP contribution in [0.5, 0.6) is 6.01 Å². The molecule has 8 nitrogen and oxygen atoms in total. The standard InChI is InChI=1S/C24H29FN6O2S/c1-16(31-10-5-18(25)6-11-31)17-2-3-22(27-14-17)30-24-28-15-21(34-24)20-4-9-26-23(29-20)33-19-7-12-32-13-8-19/h2-4,9,14-16,18-19H,5-8,10-13H2,1H3,(H,27,28,30)/t16-/m1/s1. The van der Waals surface area contributed by atoms with Crippen molar-refractivity contribution in [2.45, 2.75) is 50.9 Å². The Balaban J connectivity index is 1.20. The van der Waals surface area contributed by atoms with Gasteiger partial charge < -0.3 is 14.8 Å². The number of piperidine rings is 1. The molecule has 3 aromatic rings. The van der Waals surface area contributed by atoms with Crippen molar-refractivity contribution in [2.24, 2.45) is 0 Å². The fourth-order valence-corrected chi connectivity index (χ4v) is 5.02. The predicted molar refractivity (Wildman–Crippen MR) is 129 cm³/mol. The third-order valence-corrected chi connectivity index (χ3v) is 7.28. The van der Waals surface area contributed by atoms with Crippen LogP contribution in [-0.4, -0.2) is 63.4 Å². The third-order valence-electron chi connectivity index (χ3n) is 6.34. The van der Waals surface area contributed by atoms with Gasteiger partial charge in [-0.3, -0.25) is 4.90 Å². The van der Waals surface area contributed by atoms with Gasteiger partial charge in [-0.05, 0) is 37.5 Å². The minimum absolute atomic E-state index is 0.0926. The van der Waals surface area contributed by atoms with Gasteiger partial charge in [-0.2, -0.15) is 4.98 Å². The summed E-state index contributed by atoms with van der Waals surface area (Å²) in [6.45, 7) is 5.14. The summed E-state index contributed by atoms with van der Waals surface area (Å²) in [5.74, 6) is 0.727. The van der Waals surface area contributed by atoms with E-state index in [0.29, 0.717) is 32.1 Å². The van der Waals surface area contributed by atoms with E-state index in [9.17, 15) is 4.39 Å².